The maximum Gasteiger partial charge on any atom is 0.145 e. The summed E-state index contributed by atoms with van der Waals surface area (Å²) in [6.45, 7) is 1.60. The molecule has 0 heterocycles. The minimum Gasteiger partial charge on any atom is -0.382 e. The van der Waals surface area contributed by atoms with Gasteiger partial charge in [-0.3, -0.25) is 0 Å². The number of likely N-dealkylation sites (N-methyl/N-ethyl adjacent to an activating group) is 1. The number of hydrogen-bond acceptors (Lipinski definition) is 3. The van der Waals surface area contributed by atoms with Crippen LogP contribution in [0.1, 0.15) is 5.56 Å². The van der Waals surface area contributed by atoms with Crippen LogP contribution in [0.4, 0.5) is 4.39 Å². The molecule has 5 heteroatoms. The number of rotatable bonds is 8. The molecule has 1 atom stereocenters. The van der Waals surface area contributed by atoms with E-state index in [0.29, 0.717) is 31.8 Å². The Hall–Kier alpha value is -0.680. The van der Waals surface area contributed by atoms with Gasteiger partial charge in [-0.05, 0) is 25.1 Å². The van der Waals surface area contributed by atoms with Gasteiger partial charge in [0.2, 0.25) is 0 Å². The Kier molecular flexibility index (Phi) is 7.20. The topological polar surface area (TPSA) is 30.5 Å². The van der Waals surface area contributed by atoms with Crippen molar-refractivity contribution in [3.8, 4) is 0 Å². The zero-order valence-electron chi connectivity index (χ0n) is 10.7. The largest absolute Gasteiger partial charge is 0.382 e. The minimum absolute atomic E-state index is 0.0508. The maximum atomic E-state index is 13.7. The molecule has 18 heavy (non-hydrogen) atoms. The summed E-state index contributed by atoms with van der Waals surface area (Å²) >= 11 is 5.74. The number of halogens is 2. The molecule has 1 N–H and O–H groups in total. The van der Waals surface area contributed by atoms with Gasteiger partial charge >= 0.3 is 0 Å². The van der Waals surface area contributed by atoms with Crippen molar-refractivity contribution in [2.45, 2.75) is 12.5 Å². The minimum atomic E-state index is -0.351. The van der Waals surface area contributed by atoms with Crippen LogP contribution in [-0.2, 0) is 15.9 Å². The number of ether oxygens (including phenoxy) is 2. The molecule has 0 saturated carbocycles. The van der Waals surface area contributed by atoms with Crippen LogP contribution >= 0.6 is 11.6 Å². The van der Waals surface area contributed by atoms with Crippen LogP contribution in [0.5, 0.6) is 0 Å². The predicted octanol–water partition coefficient (Wildman–Crippen LogP) is 2.27. The summed E-state index contributed by atoms with van der Waals surface area (Å²) in [5.41, 5.74) is 0.595. The molecular formula is C13H19ClFNO2. The standard InChI is InChI=1S/C13H19ClFNO2/c1-16-11(9-18-7-6-17-2)8-10-4-3-5-12(14)13(10)15/h3-5,11,16H,6-9H2,1-2H3. The number of hydrogen-bond donors (Lipinski definition) is 1. The Morgan fingerprint density at radius 3 is 2.83 bits per heavy atom. The Labute approximate surface area is 112 Å². The third kappa shape index (κ3) is 4.90. The molecule has 0 bridgehead atoms. The van der Waals surface area contributed by atoms with E-state index in [1.54, 1.807) is 25.3 Å². The second kappa shape index (κ2) is 8.43. The summed E-state index contributed by atoms with van der Waals surface area (Å²) in [4.78, 5) is 0. The highest BCUT2D eigenvalue weighted by Crippen LogP contribution is 2.19. The SMILES string of the molecule is CNC(COCCOC)Cc1cccc(Cl)c1F. The molecule has 1 aromatic rings. The van der Waals surface area contributed by atoms with Crippen molar-refractivity contribution in [1.82, 2.24) is 5.32 Å². The molecule has 0 aliphatic heterocycles. The van der Waals surface area contributed by atoms with E-state index in [9.17, 15) is 4.39 Å². The van der Waals surface area contributed by atoms with Gasteiger partial charge in [-0.15, -0.1) is 0 Å². The van der Waals surface area contributed by atoms with E-state index < -0.39 is 0 Å². The van der Waals surface area contributed by atoms with Gasteiger partial charge in [0.05, 0.1) is 24.8 Å². The van der Waals surface area contributed by atoms with E-state index >= 15 is 0 Å². The molecule has 0 spiro atoms. The van der Waals surface area contributed by atoms with Crippen molar-refractivity contribution in [2.75, 3.05) is 34.0 Å². The van der Waals surface area contributed by atoms with Gasteiger partial charge in [0, 0.05) is 13.2 Å². The van der Waals surface area contributed by atoms with Crippen LogP contribution < -0.4 is 5.32 Å². The molecule has 102 valence electrons. The summed E-state index contributed by atoms with van der Waals surface area (Å²) in [6.07, 6.45) is 0.538. The normalized spacial score (nSPS) is 12.7. The fourth-order valence-corrected chi connectivity index (χ4v) is 1.78. The predicted molar refractivity (Wildman–Crippen MR) is 70.7 cm³/mol. The molecule has 0 aliphatic rings. The molecule has 0 aromatic heterocycles. The molecule has 1 aromatic carbocycles. The Morgan fingerprint density at radius 2 is 2.17 bits per heavy atom. The van der Waals surface area contributed by atoms with E-state index in [-0.39, 0.29) is 16.9 Å². The first-order valence-corrected chi connectivity index (χ1v) is 6.23. The molecule has 1 rings (SSSR count). The molecular weight excluding hydrogens is 257 g/mol. The van der Waals surface area contributed by atoms with Crippen LogP contribution in [0.2, 0.25) is 5.02 Å². The monoisotopic (exact) mass is 275 g/mol. The lowest BCUT2D eigenvalue weighted by Crippen LogP contribution is -2.33. The highest BCUT2D eigenvalue weighted by Gasteiger charge is 2.12. The van der Waals surface area contributed by atoms with Crippen molar-refractivity contribution in [3.05, 3.63) is 34.6 Å². The van der Waals surface area contributed by atoms with Crippen molar-refractivity contribution in [3.63, 3.8) is 0 Å². The summed E-state index contributed by atoms with van der Waals surface area (Å²) in [5.74, 6) is -0.351. The smallest absolute Gasteiger partial charge is 0.145 e. The van der Waals surface area contributed by atoms with Gasteiger partial charge in [0.1, 0.15) is 5.82 Å². The molecule has 1 unspecified atom stereocenters. The summed E-state index contributed by atoms with van der Waals surface area (Å²) in [5, 5.41) is 3.25. The summed E-state index contributed by atoms with van der Waals surface area (Å²) in [6, 6.07) is 5.08. The zero-order valence-corrected chi connectivity index (χ0v) is 11.5. The number of nitrogens with one attached hydrogen (secondary N) is 1. The summed E-state index contributed by atoms with van der Waals surface area (Å²) < 4.78 is 24.0. The first kappa shape index (κ1) is 15.4. The van der Waals surface area contributed by atoms with Gasteiger partial charge in [-0.25, -0.2) is 4.39 Å². The van der Waals surface area contributed by atoms with E-state index in [4.69, 9.17) is 21.1 Å². The average molecular weight is 276 g/mol. The molecule has 0 amide bonds. The third-order valence-electron chi connectivity index (χ3n) is 2.66. The van der Waals surface area contributed by atoms with Gasteiger partial charge in [0.15, 0.2) is 0 Å². The van der Waals surface area contributed by atoms with Crippen molar-refractivity contribution in [1.29, 1.82) is 0 Å². The average Bonchev–Trinajstić information content (AvgIpc) is 2.38. The lowest BCUT2D eigenvalue weighted by atomic mass is 10.1. The Morgan fingerprint density at radius 1 is 1.39 bits per heavy atom. The highest BCUT2D eigenvalue weighted by molar-refractivity contribution is 6.30. The van der Waals surface area contributed by atoms with E-state index in [2.05, 4.69) is 5.32 Å². The van der Waals surface area contributed by atoms with Crippen molar-refractivity contribution >= 4 is 11.6 Å². The van der Waals surface area contributed by atoms with Gasteiger partial charge in [-0.1, -0.05) is 23.7 Å². The fraction of sp³-hybridized carbons (Fsp3) is 0.538. The maximum absolute atomic E-state index is 13.7. The van der Waals surface area contributed by atoms with Crippen LogP contribution in [0, 0.1) is 5.82 Å². The van der Waals surface area contributed by atoms with Crippen LogP contribution in [0.15, 0.2) is 18.2 Å². The van der Waals surface area contributed by atoms with Crippen LogP contribution in [0.3, 0.4) is 0 Å². The fourth-order valence-electron chi connectivity index (χ4n) is 1.58. The first-order chi connectivity index (χ1) is 8.69. The van der Waals surface area contributed by atoms with Crippen molar-refractivity contribution in [2.24, 2.45) is 0 Å². The Balaban J connectivity index is 2.49. The molecule has 0 saturated heterocycles. The van der Waals surface area contributed by atoms with Gasteiger partial charge in [0.25, 0.3) is 0 Å². The van der Waals surface area contributed by atoms with E-state index in [1.165, 1.54) is 0 Å². The third-order valence-corrected chi connectivity index (χ3v) is 2.95. The quantitative estimate of drug-likeness (QED) is 0.739. The molecule has 3 nitrogen and oxygen atoms in total. The highest BCUT2D eigenvalue weighted by atomic mass is 35.5. The summed E-state index contributed by atoms with van der Waals surface area (Å²) in [7, 11) is 3.45. The first-order valence-electron chi connectivity index (χ1n) is 5.85. The lowest BCUT2D eigenvalue weighted by Gasteiger charge is -2.17. The lowest BCUT2D eigenvalue weighted by molar-refractivity contribution is 0.0597. The molecule has 0 fully saturated rings. The Bertz CT molecular complexity index is 363. The number of benzene rings is 1. The van der Waals surface area contributed by atoms with E-state index in [1.807, 2.05) is 7.05 Å². The van der Waals surface area contributed by atoms with Crippen LogP contribution in [0.25, 0.3) is 0 Å². The van der Waals surface area contributed by atoms with E-state index in [0.717, 1.165) is 0 Å². The van der Waals surface area contributed by atoms with Gasteiger partial charge in [-0.2, -0.15) is 0 Å². The van der Waals surface area contributed by atoms with Crippen LogP contribution in [-0.4, -0.2) is 40.0 Å². The second-order valence-electron chi connectivity index (χ2n) is 3.97. The second-order valence-corrected chi connectivity index (χ2v) is 4.38. The molecule has 0 radical (unpaired) electrons. The number of methoxy groups -OCH3 is 1. The molecule has 0 aliphatic carbocycles. The van der Waals surface area contributed by atoms with Crippen molar-refractivity contribution < 1.29 is 13.9 Å². The van der Waals surface area contributed by atoms with Gasteiger partial charge < -0.3 is 14.8 Å². The zero-order chi connectivity index (χ0) is 13.4.